The van der Waals surface area contributed by atoms with Gasteiger partial charge in [-0.2, -0.15) is 13.2 Å². The van der Waals surface area contributed by atoms with E-state index in [0.717, 1.165) is 23.3 Å². The molecule has 3 aromatic carbocycles. The number of carbonyl (C=O) groups is 3. The van der Waals surface area contributed by atoms with Crippen molar-refractivity contribution in [1.29, 1.82) is 0 Å². The van der Waals surface area contributed by atoms with Crippen molar-refractivity contribution in [3.63, 3.8) is 0 Å². The van der Waals surface area contributed by atoms with E-state index >= 15 is 0 Å². The topological polar surface area (TPSA) is 78.9 Å². The van der Waals surface area contributed by atoms with Crippen molar-refractivity contribution in [2.24, 2.45) is 11.8 Å². The van der Waals surface area contributed by atoms with Crippen molar-refractivity contribution in [2.75, 3.05) is 6.61 Å². The van der Waals surface area contributed by atoms with Crippen LogP contribution in [0.5, 0.6) is 5.75 Å². The highest BCUT2D eigenvalue weighted by Crippen LogP contribution is 2.43. The van der Waals surface area contributed by atoms with E-state index in [1.54, 1.807) is 18.2 Å². The van der Waals surface area contributed by atoms with Crippen LogP contribution in [0.15, 0.2) is 91.0 Å². The highest BCUT2D eigenvalue weighted by atomic mass is 19.4. The van der Waals surface area contributed by atoms with Gasteiger partial charge in [-0.15, -0.1) is 0 Å². The van der Waals surface area contributed by atoms with Crippen molar-refractivity contribution >= 4 is 17.7 Å². The van der Waals surface area contributed by atoms with Gasteiger partial charge in [-0.1, -0.05) is 54.6 Å². The molecule has 206 valence electrons. The Hall–Kier alpha value is -4.40. The largest absolute Gasteiger partial charge is 0.485 e. The first-order valence-corrected chi connectivity index (χ1v) is 12.7. The average Bonchev–Trinajstić information content (AvgIpc) is 3.46. The monoisotopic (exact) mass is 550 g/mol. The van der Waals surface area contributed by atoms with Crippen LogP contribution < -0.4 is 4.74 Å². The first kappa shape index (κ1) is 27.2. The van der Waals surface area contributed by atoms with E-state index in [-0.39, 0.29) is 24.1 Å². The molecule has 1 saturated heterocycles. The predicted molar refractivity (Wildman–Crippen MR) is 138 cm³/mol. The molecular weight excluding hydrogens is 525 g/mol. The minimum absolute atomic E-state index is 0.0858. The molecule has 2 aliphatic rings. The van der Waals surface area contributed by atoms with Gasteiger partial charge in [0.2, 0.25) is 0 Å². The van der Waals surface area contributed by atoms with E-state index in [1.807, 2.05) is 42.5 Å². The van der Waals surface area contributed by atoms with Gasteiger partial charge in [-0.05, 0) is 47.5 Å². The van der Waals surface area contributed by atoms with Gasteiger partial charge in [0.1, 0.15) is 18.0 Å². The van der Waals surface area contributed by atoms with Crippen LogP contribution in [0.25, 0.3) is 11.1 Å². The van der Waals surface area contributed by atoms with Crippen LogP contribution in [0.4, 0.5) is 13.2 Å². The standard InChI is InChI=1S/C31H25F3O6/c32-31(33,34)22-7-4-8-24(15-22)38-18-23(35)13-14-25-26-16-29(36)39-28(26)17-27(25)40-30(37)21-11-9-20(10-12-21)19-5-2-1-3-6-19/h1-15,25-28H,16-18H2/t25-,26-,27-,28+/m1/s1. The van der Waals surface area contributed by atoms with Crippen LogP contribution >= 0.6 is 0 Å². The molecule has 0 aromatic heterocycles. The lowest BCUT2D eigenvalue weighted by Gasteiger charge is -2.20. The summed E-state index contributed by atoms with van der Waals surface area (Å²) >= 11 is 0. The van der Waals surface area contributed by atoms with E-state index < -0.39 is 48.2 Å². The van der Waals surface area contributed by atoms with Gasteiger partial charge in [-0.25, -0.2) is 4.79 Å². The Morgan fingerprint density at radius 3 is 2.40 bits per heavy atom. The Morgan fingerprint density at radius 1 is 0.950 bits per heavy atom. The molecule has 0 bridgehead atoms. The summed E-state index contributed by atoms with van der Waals surface area (Å²) in [5.74, 6) is -2.19. The van der Waals surface area contributed by atoms with E-state index in [1.165, 1.54) is 18.2 Å². The van der Waals surface area contributed by atoms with E-state index in [0.29, 0.717) is 12.0 Å². The summed E-state index contributed by atoms with van der Waals surface area (Å²) in [6.45, 7) is -0.480. The zero-order valence-electron chi connectivity index (χ0n) is 21.2. The summed E-state index contributed by atoms with van der Waals surface area (Å²) in [5, 5.41) is 0. The van der Waals surface area contributed by atoms with Gasteiger partial charge in [0, 0.05) is 18.3 Å². The Labute approximate surface area is 228 Å². The smallest absolute Gasteiger partial charge is 0.416 e. The highest BCUT2D eigenvalue weighted by Gasteiger charge is 2.50. The average molecular weight is 551 g/mol. The number of rotatable bonds is 8. The van der Waals surface area contributed by atoms with Crippen molar-refractivity contribution in [3.05, 3.63) is 102 Å². The van der Waals surface area contributed by atoms with Crippen LogP contribution in [0, 0.1) is 11.8 Å². The zero-order valence-corrected chi connectivity index (χ0v) is 21.2. The number of carbonyl (C=O) groups excluding carboxylic acids is 3. The first-order chi connectivity index (χ1) is 19.2. The second-order valence-corrected chi connectivity index (χ2v) is 9.74. The lowest BCUT2D eigenvalue weighted by Crippen LogP contribution is -2.25. The van der Waals surface area contributed by atoms with E-state index in [4.69, 9.17) is 14.2 Å². The fraction of sp³-hybridized carbons (Fsp3) is 0.258. The molecule has 1 aliphatic carbocycles. The van der Waals surface area contributed by atoms with Crippen LogP contribution in [0.3, 0.4) is 0 Å². The number of ketones is 1. The number of esters is 2. The van der Waals surface area contributed by atoms with Crippen molar-refractivity contribution in [1.82, 2.24) is 0 Å². The van der Waals surface area contributed by atoms with Crippen LogP contribution in [-0.4, -0.2) is 36.5 Å². The van der Waals surface area contributed by atoms with Crippen molar-refractivity contribution in [3.8, 4) is 16.9 Å². The molecule has 4 atom stereocenters. The summed E-state index contributed by atoms with van der Waals surface area (Å²) < 4.78 is 55.2. The highest BCUT2D eigenvalue weighted by molar-refractivity contribution is 5.91. The molecule has 0 spiro atoms. The molecule has 0 unspecified atom stereocenters. The number of ether oxygens (including phenoxy) is 3. The molecular formula is C31H25F3O6. The molecule has 0 radical (unpaired) electrons. The Bertz CT molecular complexity index is 1410. The molecule has 2 fully saturated rings. The summed E-state index contributed by atoms with van der Waals surface area (Å²) in [6, 6.07) is 21.0. The van der Waals surface area contributed by atoms with Gasteiger partial charge >= 0.3 is 18.1 Å². The maximum Gasteiger partial charge on any atom is 0.416 e. The maximum absolute atomic E-state index is 13.0. The summed E-state index contributed by atoms with van der Waals surface area (Å²) in [5.41, 5.74) is 1.45. The molecule has 1 saturated carbocycles. The van der Waals surface area contributed by atoms with Crippen LogP contribution in [-0.2, 0) is 25.2 Å². The number of alkyl halides is 3. The number of hydrogen-bond donors (Lipinski definition) is 0. The summed E-state index contributed by atoms with van der Waals surface area (Å²) in [4.78, 5) is 37.3. The van der Waals surface area contributed by atoms with Gasteiger partial charge in [0.15, 0.2) is 12.4 Å². The van der Waals surface area contributed by atoms with E-state index in [2.05, 4.69) is 0 Å². The normalized spacial score (nSPS) is 22.1. The third-order valence-corrected chi connectivity index (χ3v) is 7.08. The van der Waals surface area contributed by atoms with Crippen LogP contribution in [0.1, 0.15) is 28.8 Å². The Balaban J connectivity index is 1.23. The van der Waals surface area contributed by atoms with Gasteiger partial charge in [0.05, 0.1) is 17.5 Å². The zero-order chi connectivity index (χ0) is 28.3. The molecule has 9 heteroatoms. The summed E-state index contributed by atoms with van der Waals surface area (Å²) in [6.07, 6.45) is -2.34. The molecule has 5 rings (SSSR count). The SMILES string of the molecule is O=C(C=C[C@@H]1[C@H]2CC(=O)O[C@H]2C[C@H]1OC(=O)c1ccc(-c2ccccc2)cc1)COc1cccc(C(F)(F)F)c1. The van der Waals surface area contributed by atoms with E-state index in [9.17, 15) is 27.6 Å². The molecule has 1 aliphatic heterocycles. The van der Waals surface area contributed by atoms with Crippen molar-refractivity contribution in [2.45, 2.75) is 31.2 Å². The molecule has 3 aromatic rings. The third kappa shape index (κ3) is 6.25. The molecule has 0 N–H and O–H groups in total. The number of fused-ring (bicyclic) bond motifs is 1. The minimum Gasteiger partial charge on any atom is -0.485 e. The lowest BCUT2D eigenvalue weighted by atomic mass is 9.91. The van der Waals surface area contributed by atoms with Gasteiger partial charge in [0.25, 0.3) is 0 Å². The van der Waals surface area contributed by atoms with Gasteiger partial charge in [-0.3, -0.25) is 9.59 Å². The number of benzene rings is 3. The second kappa shape index (κ2) is 11.4. The fourth-order valence-corrected chi connectivity index (χ4v) is 5.11. The second-order valence-electron chi connectivity index (χ2n) is 9.74. The quantitative estimate of drug-likeness (QED) is 0.251. The maximum atomic E-state index is 13.0. The molecule has 1 heterocycles. The number of hydrogen-bond acceptors (Lipinski definition) is 6. The molecule has 6 nitrogen and oxygen atoms in total. The predicted octanol–water partition coefficient (Wildman–Crippen LogP) is 6.05. The third-order valence-electron chi connectivity index (χ3n) is 7.08. The lowest BCUT2D eigenvalue weighted by molar-refractivity contribution is -0.142. The van der Waals surface area contributed by atoms with Gasteiger partial charge < -0.3 is 14.2 Å². The fourth-order valence-electron chi connectivity index (χ4n) is 5.11. The Morgan fingerprint density at radius 2 is 1.68 bits per heavy atom. The first-order valence-electron chi connectivity index (χ1n) is 12.7. The van der Waals surface area contributed by atoms with Crippen LogP contribution in [0.2, 0.25) is 0 Å². The molecule has 40 heavy (non-hydrogen) atoms. The minimum atomic E-state index is -4.53. The number of halogens is 3. The summed E-state index contributed by atoms with van der Waals surface area (Å²) in [7, 11) is 0. The Kier molecular flexibility index (Phi) is 7.73. The van der Waals surface area contributed by atoms with Crippen molar-refractivity contribution < 1.29 is 41.8 Å². The molecule has 0 amide bonds.